The Balaban J connectivity index is 0.932. The smallest absolute Gasteiger partial charge is 0.200 e. The van der Waals surface area contributed by atoms with Gasteiger partial charge in [-0.25, -0.2) is 0 Å². The topological polar surface area (TPSA) is 81.1 Å². The van der Waals surface area contributed by atoms with Gasteiger partial charge in [-0.1, -0.05) is 48.5 Å². The number of nitrogens with zero attached hydrogens (tertiary/aromatic N) is 2. The van der Waals surface area contributed by atoms with Gasteiger partial charge in [0.15, 0.2) is 0 Å². The summed E-state index contributed by atoms with van der Waals surface area (Å²) in [6, 6.07) is 20.9. The summed E-state index contributed by atoms with van der Waals surface area (Å²) in [6.07, 6.45) is 10.0. The Hall–Kier alpha value is -6.32. The van der Waals surface area contributed by atoms with Crippen molar-refractivity contribution in [3.63, 3.8) is 0 Å². The van der Waals surface area contributed by atoms with E-state index in [9.17, 15) is 19.8 Å². The molecule has 0 amide bonds. The maximum atomic E-state index is 13.3. The maximum Gasteiger partial charge on any atom is 0.200 e. The van der Waals surface area contributed by atoms with Gasteiger partial charge in [0.25, 0.3) is 0 Å². The van der Waals surface area contributed by atoms with Crippen molar-refractivity contribution in [2.24, 2.45) is 0 Å². The second-order valence-corrected chi connectivity index (χ2v) is 15.3. The van der Waals surface area contributed by atoms with Crippen molar-refractivity contribution in [2.75, 3.05) is 37.0 Å². The molecule has 3 aromatic rings. The third-order valence-electron chi connectivity index (χ3n) is 11.5. The number of likely N-dealkylation sites (N-methyl/N-ethyl adjacent to an activating group) is 2. The molecule has 0 fully saturated rings. The summed E-state index contributed by atoms with van der Waals surface area (Å²) >= 11 is 0. The Morgan fingerprint density at radius 3 is 1.39 bits per heavy atom. The van der Waals surface area contributed by atoms with Gasteiger partial charge in [-0.3, -0.25) is 9.59 Å². The van der Waals surface area contributed by atoms with E-state index in [0.717, 1.165) is 55.9 Å². The summed E-state index contributed by atoms with van der Waals surface area (Å²) in [5, 5.41) is 22.0. The highest BCUT2D eigenvalue weighted by Gasteiger charge is 2.35. The van der Waals surface area contributed by atoms with E-state index >= 15 is 0 Å². The van der Waals surface area contributed by atoms with Crippen LogP contribution < -0.4 is 9.80 Å². The van der Waals surface area contributed by atoms with Crippen molar-refractivity contribution < 1.29 is 19.8 Å². The molecule has 266 valence electrons. The lowest BCUT2D eigenvalue weighted by molar-refractivity contribution is -0.114. The molecule has 2 aliphatic heterocycles. The minimum absolute atomic E-state index is 0.0498. The molecule has 0 saturated heterocycles. The number of ketones is 2. The quantitative estimate of drug-likeness (QED) is 0.209. The summed E-state index contributed by atoms with van der Waals surface area (Å²) in [7, 11) is 4.10. The first-order valence-electron chi connectivity index (χ1n) is 18.5. The molecule has 0 radical (unpaired) electrons. The molecule has 6 heteroatoms. The van der Waals surface area contributed by atoms with E-state index in [-0.39, 0.29) is 23.1 Å². The number of Topliss-reactive ketones (excluding diaryl/α,β-unsaturated/α-hetero) is 2. The van der Waals surface area contributed by atoms with Crippen molar-refractivity contribution >= 4 is 34.1 Å². The Bertz CT molecular complexity index is 2440. The molecule has 6 aliphatic rings. The van der Waals surface area contributed by atoms with Crippen molar-refractivity contribution in [1.82, 2.24) is 0 Å². The molecular formula is C48H40N2O4. The zero-order chi connectivity index (χ0) is 37.4. The molecule has 0 bridgehead atoms. The molecule has 0 aromatic heterocycles. The van der Waals surface area contributed by atoms with Crippen molar-refractivity contribution in [1.29, 1.82) is 0 Å². The number of aliphatic hydroxyl groups excluding tert-OH is 2. The van der Waals surface area contributed by atoms with Gasteiger partial charge < -0.3 is 20.0 Å². The largest absolute Gasteiger partial charge is 0.506 e. The fraction of sp³-hybridized carbons (Fsp3) is 0.208. The van der Waals surface area contributed by atoms with E-state index in [1.165, 1.54) is 22.3 Å². The van der Waals surface area contributed by atoms with E-state index in [0.29, 0.717) is 61.1 Å². The zero-order valence-corrected chi connectivity index (χ0v) is 30.9. The van der Waals surface area contributed by atoms with E-state index < -0.39 is 0 Å². The predicted octanol–water partition coefficient (Wildman–Crippen LogP) is 8.54. The second-order valence-electron chi connectivity index (χ2n) is 15.3. The van der Waals surface area contributed by atoms with Gasteiger partial charge in [0.2, 0.25) is 11.6 Å². The molecule has 2 N–H and O–H groups in total. The van der Waals surface area contributed by atoms with Crippen LogP contribution in [-0.4, -0.2) is 49.0 Å². The predicted molar refractivity (Wildman–Crippen MR) is 215 cm³/mol. The standard InChI is InChI=1S/C48H40N2O4/c1-27-13-29(15-33-9-5-7-11-37(27)33)19-39-45(51)41(46(39)52)21-31-17-35-23-44-36(24-43(35)49(3)25-31)18-32(26-50(44)4)22-42-47(53)40(48(42)54)20-30-14-28(2)38-12-8-6-10-34(38)16-30/h5-12,19-24,51,53H,15-18,25-26H2,1-4H3/b31-21-,32-22-,39-19-,40-20-. The Kier molecular flexibility index (Phi) is 7.86. The van der Waals surface area contributed by atoms with Crippen LogP contribution in [0.25, 0.3) is 11.1 Å². The average Bonchev–Trinajstić information content (AvgIpc) is 3.16. The first kappa shape index (κ1) is 33.5. The molecule has 2 heterocycles. The van der Waals surface area contributed by atoms with Gasteiger partial charge in [-0.2, -0.15) is 0 Å². The number of benzene rings is 3. The van der Waals surface area contributed by atoms with Crippen LogP contribution in [0.5, 0.6) is 0 Å². The number of hydrogen-bond donors (Lipinski definition) is 2. The Morgan fingerprint density at radius 1 is 0.574 bits per heavy atom. The average molecular weight is 709 g/mol. The van der Waals surface area contributed by atoms with Crippen LogP contribution in [0.1, 0.15) is 47.2 Å². The summed E-state index contributed by atoms with van der Waals surface area (Å²) in [6.45, 7) is 5.32. The Labute approximate surface area is 315 Å². The molecule has 4 aliphatic carbocycles. The lowest BCUT2D eigenvalue weighted by Gasteiger charge is -2.36. The third-order valence-corrected chi connectivity index (χ3v) is 11.5. The summed E-state index contributed by atoms with van der Waals surface area (Å²) in [5.74, 6) is -0.176. The van der Waals surface area contributed by atoms with Gasteiger partial charge >= 0.3 is 0 Å². The first-order valence-corrected chi connectivity index (χ1v) is 18.5. The number of hydrogen-bond acceptors (Lipinski definition) is 6. The van der Waals surface area contributed by atoms with Crippen LogP contribution in [0.4, 0.5) is 11.4 Å². The molecule has 9 rings (SSSR count). The van der Waals surface area contributed by atoms with Crippen molar-refractivity contribution in [2.45, 2.75) is 39.5 Å². The molecule has 0 unspecified atom stereocenters. The molecule has 0 spiro atoms. The zero-order valence-electron chi connectivity index (χ0n) is 30.9. The number of rotatable bonds is 4. The van der Waals surface area contributed by atoms with Gasteiger partial charge in [0.05, 0.1) is 22.3 Å². The van der Waals surface area contributed by atoms with E-state index in [1.54, 1.807) is 12.2 Å². The monoisotopic (exact) mass is 708 g/mol. The summed E-state index contributed by atoms with van der Waals surface area (Å²) < 4.78 is 0. The van der Waals surface area contributed by atoms with Gasteiger partial charge in [-0.15, -0.1) is 11.5 Å². The van der Waals surface area contributed by atoms with Crippen LogP contribution >= 0.6 is 0 Å². The summed E-state index contributed by atoms with van der Waals surface area (Å²) in [5.41, 5.74) is 23.5. The van der Waals surface area contributed by atoms with Crippen LogP contribution in [-0.2, 0) is 35.3 Å². The number of fused-ring (bicyclic) bond motifs is 4. The number of allylic oxidation sites excluding steroid dienone is 10. The van der Waals surface area contributed by atoms with E-state index in [2.05, 4.69) is 57.7 Å². The van der Waals surface area contributed by atoms with Crippen LogP contribution in [0, 0.1) is 0 Å². The molecule has 6 nitrogen and oxygen atoms in total. The SMILES string of the molecule is CC1=C=C(/C=C2\C(=O)C(/C=C3/Cc4cc5c(cc4N(C)C3)C/C(=C/C3=C(O)C(=C/C4=C=C(C)c6ccccc6C4)/C3=O)CN5C)=C2O)Cc2ccccc21. The van der Waals surface area contributed by atoms with E-state index in [4.69, 9.17) is 0 Å². The van der Waals surface area contributed by atoms with Crippen LogP contribution in [0.15, 0.2) is 153 Å². The maximum absolute atomic E-state index is 13.3. The van der Waals surface area contributed by atoms with Gasteiger partial charge in [0, 0.05) is 51.4 Å². The van der Waals surface area contributed by atoms with Crippen LogP contribution in [0.3, 0.4) is 0 Å². The van der Waals surface area contributed by atoms with Crippen LogP contribution in [0.2, 0.25) is 0 Å². The number of carbonyl (C=O) groups is 2. The van der Waals surface area contributed by atoms with Crippen molar-refractivity contribution in [3.05, 3.63) is 186 Å². The lowest BCUT2D eigenvalue weighted by Crippen LogP contribution is -2.31. The highest BCUT2D eigenvalue weighted by Crippen LogP contribution is 2.41. The molecular weight excluding hydrogens is 669 g/mol. The minimum Gasteiger partial charge on any atom is -0.506 e. The van der Waals surface area contributed by atoms with E-state index in [1.807, 2.05) is 64.4 Å². The molecule has 0 atom stereocenters. The molecule has 3 aromatic carbocycles. The number of anilines is 2. The fourth-order valence-corrected chi connectivity index (χ4v) is 8.78. The third kappa shape index (κ3) is 5.59. The van der Waals surface area contributed by atoms with Gasteiger partial charge in [0.1, 0.15) is 11.5 Å². The summed E-state index contributed by atoms with van der Waals surface area (Å²) in [4.78, 5) is 31.0. The second kappa shape index (κ2) is 12.7. The Morgan fingerprint density at radius 2 is 0.981 bits per heavy atom. The lowest BCUT2D eigenvalue weighted by atomic mass is 9.82. The molecule has 54 heavy (non-hydrogen) atoms. The highest BCUT2D eigenvalue weighted by molar-refractivity contribution is 6.21. The number of carbonyl (C=O) groups excluding carboxylic acids is 2. The normalized spacial score (nSPS) is 22.0. The first-order chi connectivity index (χ1) is 26.0. The minimum atomic E-state index is -0.138. The van der Waals surface area contributed by atoms with Gasteiger partial charge in [-0.05, 0) is 130 Å². The highest BCUT2D eigenvalue weighted by atomic mass is 16.3. The fourth-order valence-electron chi connectivity index (χ4n) is 8.78. The molecule has 0 saturated carbocycles. The number of aliphatic hydroxyl groups is 2. The van der Waals surface area contributed by atoms with Crippen molar-refractivity contribution in [3.8, 4) is 0 Å².